The van der Waals surface area contributed by atoms with Crippen LogP contribution < -0.4 is 5.73 Å². The lowest BCUT2D eigenvalue weighted by Crippen LogP contribution is -2.36. The predicted molar refractivity (Wildman–Crippen MR) is 49.7 cm³/mol. The van der Waals surface area contributed by atoms with Crippen molar-refractivity contribution in [2.45, 2.75) is 19.3 Å². The molecule has 0 aromatic carbocycles. The van der Waals surface area contributed by atoms with E-state index in [1.54, 1.807) is 0 Å². The van der Waals surface area contributed by atoms with Crippen LogP contribution >= 0.6 is 11.8 Å². The fourth-order valence-electron chi connectivity index (χ4n) is 1.61. The minimum atomic E-state index is 0.262. The third-order valence-electron chi connectivity index (χ3n) is 2.48. The topological polar surface area (TPSA) is 46.2 Å². The van der Waals surface area contributed by atoms with Crippen molar-refractivity contribution in [1.29, 1.82) is 0 Å². The van der Waals surface area contributed by atoms with E-state index in [0.29, 0.717) is 0 Å². The molecule has 1 rings (SSSR count). The third kappa shape index (κ3) is 2.36. The molecule has 3 heteroatoms. The molecule has 0 saturated carbocycles. The van der Waals surface area contributed by atoms with Gasteiger partial charge in [-0.05, 0) is 37.0 Å². The maximum Gasteiger partial charge on any atom is 0.0437 e. The van der Waals surface area contributed by atoms with Crippen molar-refractivity contribution in [3.05, 3.63) is 0 Å². The molecular weight excluding hydrogens is 158 g/mol. The lowest BCUT2D eigenvalue weighted by atomic mass is 9.82. The Morgan fingerprint density at radius 2 is 2.36 bits per heavy atom. The lowest BCUT2D eigenvalue weighted by molar-refractivity contribution is 0.192. The van der Waals surface area contributed by atoms with E-state index in [1.165, 1.54) is 18.6 Å². The molecule has 1 aliphatic rings. The highest BCUT2D eigenvalue weighted by molar-refractivity contribution is 7.99. The first-order chi connectivity index (χ1) is 5.33. The average molecular weight is 175 g/mol. The molecule has 0 aromatic rings. The molecule has 1 fully saturated rings. The van der Waals surface area contributed by atoms with Crippen LogP contribution in [-0.2, 0) is 0 Å². The van der Waals surface area contributed by atoms with Crippen molar-refractivity contribution in [3.63, 3.8) is 0 Å². The van der Waals surface area contributed by atoms with Crippen LogP contribution in [0.15, 0.2) is 0 Å². The number of rotatable bonds is 3. The van der Waals surface area contributed by atoms with Crippen LogP contribution in [0.25, 0.3) is 0 Å². The SMILES string of the molecule is NCC1(CCO)CCCSC1. The quantitative estimate of drug-likeness (QED) is 0.668. The minimum absolute atomic E-state index is 0.262. The highest BCUT2D eigenvalue weighted by Gasteiger charge is 2.30. The largest absolute Gasteiger partial charge is 0.396 e. The van der Waals surface area contributed by atoms with Gasteiger partial charge in [-0.3, -0.25) is 0 Å². The molecule has 0 amide bonds. The standard InChI is InChI=1S/C8H17NOS/c9-6-8(3-4-10)2-1-5-11-7-8/h10H,1-7,9H2. The molecule has 2 nitrogen and oxygen atoms in total. The Morgan fingerprint density at radius 3 is 2.82 bits per heavy atom. The number of hydrogen-bond donors (Lipinski definition) is 2. The predicted octanol–water partition coefficient (Wildman–Crippen LogP) is 0.841. The summed E-state index contributed by atoms with van der Waals surface area (Å²) in [5.74, 6) is 2.41. The van der Waals surface area contributed by atoms with Gasteiger partial charge < -0.3 is 10.8 Å². The van der Waals surface area contributed by atoms with Gasteiger partial charge in [-0.2, -0.15) is 11.8 Å². The van der Waals surface area contributed by atoms with Crippen LogP contribution in [-0.4, -0.2) is 29.8 Å². The molecule has 1 saturated heterocycles. The number of hydrogen-bond acceptors (Lipinski definition) is 3. The van der Waals surface area contributed by atoms with Gasteiger partial charge in [0.15, 0.2) is 0 Å². The van der Waals surface area contributed by atoms with E-state index >= 15 is 0 Å². The van der Waals surface area contributed by atoms with Crippen LogP contribution in [0.4, 0.5) is 0 Å². The van der Waals surface area contributed by atoms with E-state index in [-0.39, 0.29) is 12.0 Å². The molecule has 0 aromatic heterocycles. The average Bonchev–Trinajstić information content (AvgIpc) is 2.07. The summed E-state index contributed by atoms with van der Waals surface area (Å²) in [6.07, 6.45) is 3.36. The summed E-state index contributed by atoms with van der Waals surface area (Å²) < 4.78 is 0. The van der Waals surface area contributed by atoms with Crippen LogP contribution in [0.2, 0.25) is 0 Å². The molecule has 0 spiro atoms. The van der Waals surface area contributed by atoms with Crippen LogP contribution in [0.1, 0.15) is 19.3 Å². The minimum Gasteiger partial charge on any atom is -0.396 e. The number of thioether (sulfide) groups is 1. The van der Waals surface area contributed by atoms with E-state index < -0.39 is 0 Å². The first kappa shape index (κ1) is 9.36. The van der Waals surface area contributed by atoms with Gasteiger partial charge >= 0.3 is 0 Å². The Bertz CT molecular complexity index is 107. The van der Waals surface area contributed by atoms with Gasteiger partial charge in [-0.1, -0.05) is 0 Å². The Kier molecular flexibility index (Phi) is 3.69. The van der Waals surface area contributed by atoms with Crippen molar-refractivity contribution in [1.82, 2.24) is 0 Å². The Morgan fingerprint density at radius 1 is 1.55 bits per heavy atom. The van der Waals surface area contributed by atoms with Crippen molar-refractivity contribution in [3.8, 4) is 0 Å². The van der Waals surface area contributed by atoms with E-state index in [9.17, 15) is 0 Å². The first-order valence-electron chi connectivity index (χ1n) is 4.22. The maximum atomic E-state index is 8.85. The van der Waals surface area contributed by atoms with Crippen molar-refractivity contribution in [2.75, 3.05) is 24.7 Å². The molecule has 11 heavy (non-hydrogen) atoms. The van der Waals surface area contributed by atoms with Gasteiger partial charge in [0, 0.05) is 12.4 Å². The van der Waals surface area contributed by atoms with Crippen LogP contribution in [0.3, 0.4) is 0 Å². The van der Waals surface area contributed by atoms with E-state index in [4.69, 9.17) is 10.8 Å². The fourth-order valence-corrected chi connectivity index (χ4v) is 2.94. The Labute approximate surface area is 72.5 Å². The molecule has 1 heterocycles. The summed E-state index contributed by atoms with van der Waals surface area (Å²) in [7, 11) is 0. The Hall–Kier alpha value is 0.270. The molecule has 0 bridgehead atoms. The number of aliphatic hydroxyl groups excluding tert-OH is 1. The number of nitrogens with two attached hydrogens (primary N) is 1. The van der Waals surface area contributed by atoms with Crippen molar-refractivity contribution in [2.24, 2.45) is 11.1 Å². The molecule has 0 radical (unpaired) electrons. The monoisotopic (exact) mass is 175 g/mol. The molecule has 3 N–H and O–H groups in total. The first-order valence-corrected chi connectivity index (χ1v) is 5.37. The van der Waals surface area contributed by atoms with Gasteiger partial charge in [-0.15, -0.1) is 0 Å². The normalized spacial score (nSPS) is 32.2. The van der Waals surface area contributed by atoms with E-state index in [0.717, 1.165) is 18.7 Å². The summed E-state index contributed by atoms with van der Waals surface area (Å²) in [4.78, 5) is 0. The zero-order valence-corrected chi connectivity index (χ0v) is 7.70. The number of aliphatic hydroxyl groups is 1. The highest BCUT2D eigenvalue weighted by Crippen LogP contribution is 2.36. The summed E-state index contributed by atoms with van der Waals surface area (Å²) in [6, 6.07) is 0. The summed E-state index contributed by atoms with van der Waals surface area (Å²) in [5, 5.41) is 8.85. The van der Waals surface area contributed by atoms with Gasteiger partial charge in [0.1, 0.15) is 0 Å². The van der Waals surface area contributed by atoms with Gasteiger partial charge in [0.05, 0.1) is 0 Å². The zero-order valence-electron chi connectivity index (χ0n) is 6.88. The molecule has 1 unspecified atom stereocenters. The molecular formula is C8H17NOS. The van der Waals surface area contributed by atoms with Gasteiger partial charge in [0.2, 0.25) is 0 Å². The second kappa shape index (κ2) is 4.33. The van der Waals surface area contributed by atoms with Gasteiger partial charge in [-0.25, -0.2) is 0 Å². The van der Waals surface area contributed by atoms with E-state index in [1.807, 2.05) is 11.8 Å². The molecule has 0 aliphatic carbocycles. The van der Waals surface area contributed by atoms with E-state index in [2.05, 4.69) is 0 Å². The second-order valence-corrected chi connectivity index (χ2v) is 4.44. The highest BCUT2D eigenvalue weighted by atomic mass is 32.2. The lowest BCUT2D eigenvalue weighted by Gasteiger charge is -2.35. The van der Waals surface area contributed by atoms with Gasteiger partial charge in [0.25, 0.3) is 0 Å². The summed E-state index contributed by atoms with van der Waals surface area (Å²) in [5.41, 5.74) is 5.96. The third-order valence-corrected chi connectivity index (χ3v) is 3.87. The second-order valence-electron chi connectivity index (χ2n) is 3.33. The maximum absolute atomic E-state index is 8.85. The van der Waals surface area contributed by atoms with Crippen molar-refractivity contribution >= 4 is 11.8 Å². The summed E-state index contributed by atoms with van der Waals surface area (Å²) >= 11 is 1.98. The van der Waals surface area contributed by atoms with Crippen LogP contribution in [0.5, 0.6) is 0 Å². The fraction of sp³-hybridized carbons (Fsp3) is 1.00. The van der Waals surface area contributed by atoms with Crippen molar-refractivity contribution < 1.29 is 5.11 Å². The van der Waals surface area contributed by atoms with Crippen LogP contribution in [0, 0.1) is 5.41 Å². The molecule has 1 atom stereocenters. The molecule has 1 aliphatic heterocycles. The molecule has 66 valence electrons. The summed E-state index contributed by atoms with van der Waals surface area (Å²) in [6.45, 7) is 1.03. The Balaban J connectivity index is 2.42. The smallest absolute Gasteiger partial charge is 0.0437 e. The zero-order chi connectivity index (χ0) is 8.16.